The molecule has 2 atom stereocenters. The molecule has 1 amide bonds. The first-order valence-corrected chi connectivity index (χ1v) is 11.6. The van der Waals surface area contributed by atoms with Gasteiger partial charge in [-0.1, -0.05) is 35.1 Å². The summed E-state index contributed by atoms with van der Waals surface area (Å²) in [5.74, 6) is 0. The summed E-state index contributed by atoms with van der Waals surface area (Å²) >= 11 is 3.60. The lowest BCUT2D eigenvalue weighted by Gasteiger charge is -2.28. The summed E-state index contributed by atoms with van der Waals surface area (Å²) in [4.78, 5) is 14.0. The van der Waals surface area contributed by atoms with Crippen LogP contribution in [0.15, 0.2) is 63.4 Å². The van der Waals surface area contributed by atoms with E-state index in [1.165, 1.54) is 10.5 Å². The topological polar surface area (TPSA) is 69.5 Å². The van der Waals surface area contributed by atoms with Gasteiger partial charge in [-0.3, -0.25) is 9.91 Å². The van der Waals surface area contributed by atoms with Gasteiger partial charge in [0, 0.05) is 36.3 Å². The zero-order valence-electron chi connectivity index (χ0n) is 20.4. The second-order valence-corrected chi connectivity index (χ2v) is 9.49. The second kappa shape index (κ2) is 13.3. The number of rotatable bonds is 11. The molecule has 0 fully saturated rings. The maximum atomic E-state index is 12.5. The van der Waals surface area contributed by atoms with Crippen molar-refractivity contribution >= 4 is 27.7 Å². The fourth-order valence-corrected chi connectivity index (χ4v) is 3.21. The number of hydrogen-bond acceptors (Lipinski definition) is 5. The van der Waals surface area contributed by atoms with Crippen LogP contribution in [-0.2, 0) is 4.74 Å². The van der Waals surface area contributed by atoms with Gasteiger partial charge in [0.25, 0.3) is 0 Å². The van der Waals surface area contributed by atoms with Crippen molar-refractivity contribution < 1.29 is 9.53 Å². The number of nitrogens with one attached hydrogen (secondary N) is 1. The van der Waals surface area contributed by atoms with Gasteiger partial charge in [0.05, 0.1) is 0 Å². The third-order valence-electron chi connectivity index (χ3n) is 4.73. The highest BCUT2D eigenvalue weighted by Gasteiger charge is 2.25. The summed E-state index contributed by atoms with van der Waals surface area (Å²) in [5, 5.41) is 14.0. The molecule has 0 saturated heterocycles. The summed E-state index contributed by atoms with van der Waals surface area (Å²) in [6.45, 7) is 16.2. The molecular formula is C24H38BrN5O2. The van der Waals surface area contributed by atoms with E-state index in [1.807, 2.05) is 59.9 Å². The molecule has 178 valence electrons. The van der Waals surface area contributed by atoms with Crippen molar-refractivity contribution in [1.82, 2.24) is 9.91 Å². The molecule has 0 aromatic heterocycles. The lowest BCUT2D eigenvalue weighted by atomic mass is 10.0. The molecule has 1 N–H and O–H groups in total. The molecule has 0 heterocycles. The Balaban J connectivity index is 2.75. The number of amides is 1. The lowest BCUT2D eigenvalue weighted by Crippen LogP contribution is -2.41. The number of hydrogen-bond donors (Lipinski definition) is 1. The van der Waals surface area contributed by atoms with Gasteiger partial charge < -0.3 is 10.1 Å². The highest BCUT2D eigenvalue weighted by atomic mass is 79.9. The Morgan fingerprint density at radius 1 is 1.34 bits per heavy atom. The fraction of sp³-hybridized carbons (Fsp3) is 0.542. The number of carbonyl (C=O) groups excluding carboxylic acids is 1. The molecule has 0 spiro atoms. The molecule has 0 aliphatic carbocycles. The average molecular weight is 509 g/mol. The number of ether oxygens (including phenoxy) is 1. The van der Waals surface area contributed by atoms with Gasteiger partial charge in [-0.2, -0.15) is 0 Å². The number of nitrogens with zero attached hydrogens (tertiary/aromatic N) is 4. The fourth-order valence-electron chi connectivity index (χ4n) is 2.81. The van der Waals surface area contributed by atoms with Crippen LogP contribution in [0.25, 0.3) is 0 Å². The maximum Gasteiger partial charge on any atom is 0.412 e. The van der Waals surface area contributed by atoms with Gasteiger partial charge in [0.15, 0.2) is 0 Å². The van der Waals surface area contributed by atoms with Crippen LogP contribution in [0.4, 0.5) is 10.5 Å². The van der Waals surface area contributed by atoms with Gasteiger partial charge in [0.1, 0.15) is 11.8 Å². The van der Waals surface area contributed by atoms with E-state index in [-0.39, 0.29) is 6.04 Å². The first-order valence-electron chi connectivity index (χ1n) is 10.8. The van der Waals surface area contributed by atoms with Crippen molar-refractivity contribution in [3.8, 4) is 0 Å². The van der Waals surface area contributed by atoms with Crippen molar-refractivity contribution in [2.24, 2.45) is 10.3 Å². The van der Waals surface area contributed by atoms with Crippen LogP contribution in [0.1, 0.15) is 48.0 Å². The predicted molar refractivity (Wildman–Crippen MR) is 136 cm³/mol. The van der Waals surface area contributed by atoms with Gasteiger partial charge >= 0.3 is 6.09 Å². The van der Waals surface area contributed by atoms with Crippen LogP contribution >= 0.6 is 15.9 Å². The first kappa shape index (κ1) is 27.7. The quantitative estimate of drug-likeness (QED) is 0.206. The first-order chi connectivity index (χ1) is 15.0. The highest BCUT2D eigenvalue weighted by Crippen LogP contribution is 2.24. The minimum atomic E-state index is -0.579. The largest absolute Gasteiger partial charge is 0.444 e. The van der Waals surface area contributed by atoms with E-state index >= 15 is 0 Å². The Bertz CT molecular complexity index is 804. The molecule has 0 radical (unpaired) electrons. The van der Waals surface area contributed by atoms with Crippen LogP contribution in [0.5, 0.6) is 0 Å². The molecule has 0 aliphatic rings. The van der Waals surface area contributed by atoms with Crippen molar-refractivity contribution in [2.75, 3.05) is 25.5 Å². The Morgan fingerprint density at radius 2 is 2.00 bits per heavy atom. The molecule has 8 heteroatoms. The van der Waals surface area contributed by atoms with Gasteiger partial charge in [0.2, 0.25) is 0 Å². The molecular weight excluding hydrogens is 470 g/mol. The third kappa shape index (κ3) is 9.85. The van der Waals surface area contributed by atoms with E-state index in [1.54, 1.807) is 11.1 Å². The lowest BCUT2D eigenvalue weighted by molar-refractivity contribution is 0.0198. The summed E-state index contributed by atoms with van der Waals surface area (Å²) < 4.78 is 6.50. The molecule has 1 aromatic rings. The number of allylic oxidation sites excluding steroid dienone is 1. The molecule has 1 aromatic carbocycles. The van der Waals surface area contributed by atoms with E-state index < -0.39 is 17.9 Å². The van der Waals surface area contributed by atoms with E-state index in [0.717, 1.165) is 16.6 Å². The SMILES string of the molecule is C=CCN(C(=O)OC(C)(C)C)C(C)N=NN(C)CCC(Nc1ccccc1Br)/C(C)=C/C. The van der Waals surface area contributed by atoms with Crippen LogP contribution in [0.2, 0.25) is 0 Å². The standard InChI is InChI=1S/C24H38BrN5O2/c1-9-16-30(23(31)32-24(5,6)7)19(4)27-28-29(8)17-15-21(18(3)10-2)26-22-14-12-11-13-20(22)25/h9-14,19,21,26H,1,15-17H2,2-8H3/b18-10+,28-27?. The Labute approximate surface area is 201 Å². The number of carbonyl (C=O) groups is 1. The van der Waals surface area contributed by atoms with Gasteiger partial charge in [-0.15, -0.1) is 11.7 Å². The zero-order valence-corrected chi connectivity index (χ0v) is 22.0. The zero-order chi connectivity index (χ0) is 24.3. The average Bonchev–Trinajstić information content (AvgIpc) is 2.72. The van der Waals surface area contributed by atoms with Crippen LogP contribution in [0.3, 0.4) is 0 Å². The molecule has 7 nitrogen and oxygen atoms in total. The molecule has 2 unspecified atom stereocenters. The van der Waals surface area contributed by atoms with E-state index in [2.05, 4.69) is 57.2 Å². The summed E-state index contributed by atoms with van der Waals surface area (Å²) in [7, 11) is 1.88. The van der Waals surface area contributed by atoms with Crippen LogP contribution in [0, 0.1) is 0 Å². The van der Waals surface area contributed by atoms with Crippen molar-refractivity contribution in [3.63, 3.8) is 0 Å². The molecule has 0 aliphatic heterocycles. The van der Waals surface area contributed by atoms with Gasteiger partial charge in [-0.05, 0) is 76.0 Å². The summed E-state index contributed by atoms with van der Waals surface area (Å²) in [5.41, 5.74) is 1.72. The number of halogens is 1. The van der Waals surface area contributed by atoms with Gasteiger partial charge in [-0.25, -0.2) is 4.79 Å². The Hall–Kier alpha value is -2.35. The second-order valence-electron chi connectivity index (χ2n) is 8.64. The smallest absolute Gasteiger partial charge is 0.412 e. The van der Waals surface area contributed by atoms with Crippen molar-refractivity contribution in [1.29, 1.82) is 0 Å². The Kier molecular flexibility index (Phi) is 11.5. The predicted octanol–water partition coefficient (Wildman–Crippen LogP) is 6.65. The Morgan fingerprint density at radius 3 is 2.56 bits per heavy atom. The van der Waals surface area contributed by atoms with Crippen LogP contribution < -0.4 is 5.32 Å². The maximum absolute atomic E-state index is 12.5. The molecule has 1 rings (SSSR count). The van der Waals surface area contributed by atoms with Crippen LogP contribution in [-0.4, -0.2) is 53.9 Å². The summed E-state index contributed by atoms with van der Waals surface area (Å²) in [6, 6.07) is 8.24. The monoisotopic (exact) mass is 507 g/mol. The molecule has 0 saturated carbocycles. The van der Waals surface area contributed by atoms with Crippen molar-refractivity contribution in [2.45, 2.75) is 65.8 Å². The minimum absolute atomic E-state index is 0.160. The van der Waals surface area contributed by atoms with E-state index in [0.29, 0.717) is 13.1 Å². The van der Waals surface area contributed by atoms with E-state index in [9.17, 15) is 4.79 Å². The number of anilines is 1. The highest BCUT2D eigenvalue weighted by molar-refractivity contribution is 9.10. The normalized spacial score (nSPS) is 14.1. The molecule has 0 bridgehead atoms. The minimum Gasteiger partial charge on any atom is -0.444 e. The third-order valence-corrected chi connectivity index (χ3v) is 5.42. The molecule has 32 heavy (non-hydrogen) atoms. The number of para-hydroxylation sites is 1. The van der Waals surface area contributed by atoms with E-state index in [4.69, 9.17) is 4.74 Å². The number of benzene rings is 1. The van der Waals surface area contributed by atoms with Crippen molar-refractivity contribution in [3.05, 3.63) is 53.0 Å². The summed E-state index contributed by atoms with van der Waals surface area (Å²) in [6.07, 6.45) is 3.69.